The molecule has 0 atom stereocenters. The third-order valence-electron chi connectivity index (χ3n) is 4.88. The minimum atomic E-state index is 0.161. The first-order valence-electron chi connectivity index (χ1n) is 8.90. The Morgan fingerprint density at radius 1 is 1.00 bits per heavy atom. The Labute approximate surface area is 144 Å². The van der Waals surface area contributed by atoms with Crippen LogP contribution in [0.1, 0.15) is 25.3 Å². The van der Waals surface area contributed by atoms with Gasteiger partial charge in [0.25, 0.3) is 0 Å². The lowest BCUT2D eigenvalue weighted by atomic mass is 9.94. The number of piperidine rings is 1. The first kappa shape index (κ1) is 16.6. The molecule has 0 saturated carbocycles. The quantitative estimate of drug-likeness (QED) is 0.832. The number of rotatable bonds is 5. The molecule has 3 heteroatoms. The lowest BCUT2D eigenvalue weighted by Gasteiger charge is -2.35. The summed E-state index contributed by atoms with van der Waals surface area (Å²) in [6.45, 7) is 5.48. The first-order valence-corrected chi connectivity index (χ1v) is 8.90. The number of nitrogens with zero attached hydrogens (tertiary/aromatic N) is 2. The van der Waals surface area contributed by atoms with Gasteiger partial charge in [0.15, 0.2) is 0 Å². The van der Waals surface area contributed by atoms with Crippen molar-refractivity contribution in [2.24, 2.45) is 5.92 Å². The summed E-state index contributed by atoms with van der Waals surface area (Å²) in [7, 11) is 0. The van der Waals surface area contributed by atoms with E-state index in [-0.39, 0.29) is 5.92 Å². The Hall–Kier alpha value is -2.29. The molecule has 0 bridgehead atoms. The minimum absolute atomic E-state index is 0.161. The van der Waals surface area contributed by atoms with Gasteiger partial charge in [-0.05, 0) is 37.5 Å². The van der Waals surface area contributed by atoms with Crippen molar-refractivity contribution in [2.45, 2.75) is 26.3 Å². The van der Waals surface area contributed by atoms with Gasteiger partial charge in [-0.15, -0.1) is 0 Å². The third-order valence-corrected chi connectivity index (χ3v) is 4.88. The molecule has 126 valence electrons. The fraction of sp³-hybridized carbons (Fsp3) is 0.381. The molecule has 2 aromatic carbocycles. The van der Waals surface area contributed by atoms with E-state index in [2.05, 4.69) is 48.2 Å². The number of hydrogen-bond donors (Lipinski definition) is 0. The van der Waals surface area contributed by atoms with Crippen LogP contribution in [-0.2, 0) is 11.3 Å². The molecule has 0 aromatic heterocycles. The van der Waals surface area contributed by atoms with Crippen LogP contribution in [0.15, 0.2) is 60.7 Å². The zero-order valence-electron chi connectivity index (χ0n) is 14.4. The van der Waals surface area contributed by atoms with E-state index in [0.717, 1.165) is 39.0 Å². The number of benzene rings is 2. The largest absolute Gasteiger partial charge is 0.371 e. The number of para-hydroxylation sites is 1. The number of carbonyl (C=O) groups is 1. The summed E-state index contributed by atoms with van der Waals surface area (Å²) in [6.07, 6.45) is 1.89. The zero-order valence-corrected chi connectivity index (χ0v) is 14.4. The second kappa shape index (κ2) is 8.00. The predicted octanol–water partition coefficient (Wildman–Crippen LogP) is 3.95. The fourth-order valence-corrected chi connectivity index (χ4v) is 3.43. The van der Waals surface area contributed by atoms with E-state index in [0.29, 0.717) is 5.91 Å². The van der Waals surface area contributed by atoms with Crippen LogP contribution in [-0.4, -0.2) is 30.4 Å². The molecule has 1 fully saturated rings. The molecule has 3 rings (SSSR count). The van der Waals surface area contributed by atoms with E-state index in [4.69, 9.17) is 0 Å². The maximum atomic E-state index is 12.9. The van der Waals surface area contributed by atoms with Crippen molar-refractivity contribution in [1.29, 1.82) is 0 Å². The van der Waals surface area contributed by atoms with Gasteiger partial charge in [-0.25, -0.2) is 0 Å². The highest BCUT2D eigenvalue weighted by atomic mass is 16.2. The molecule has 3 nitrogen and oxygen atoms in total. The number of carbonyl (C=O) groups excluding carboxylic acids is 1. The van der Waals surface area contributed by atoms with E-state index >= 15 is 0 Å². The molecule has 1 amide bonds. The lowest BCUT2D eigenvalue weighted by Crippen LogP contribution is -2.42. The molecule has 1 saturated heterocycles. The number of hydrogen-bond acceptors (Lipinski definition) is 2. The molecule has 0 spiro atoms. The summed E-state index contributed by atoms with van der Waals surface area (Å²) in [6, 6.07) is 20.8. The Balaban J connectivity index is 1.57. The summed E-state index contributed by atoms with van der Waals surface area (Å²) >= 11 is 0. The highest BCUT2D eigenvalue weighted by molar-refractivity contribution is 5.79. The third kappa shape index (κ3) is 3.97. The van der Waals surface area contributed by atoms with E-state index in [1.165, 1.54) is 11.3 Å². The molecule has 1 aliphatic rings. The molecule has 2 aromatic rings. The van der Waals surface area contributed by atoms with Gasteiger partial charge in [0, 0.05) is 37.8 Å². The van der Waals surface area contributed by atoms with Gasteiger partial charge in [0.05, 0.1) is 0 Å². The molecule has 1 heterocycles. The van der Waals surface area contributed by atoms with Gasteiger partial charge in [0.1, 0.15) is 0 Å². The van der Waals surface area contributed by atoms with E-state index < -0.39 is 0 Å². The fourth-order valence-electron chi connectivity index (χ4n) is 3.43. The number of anilines is 1. The molecule has 1 aliphatic heterocycles. The smallest absolute Gasteiger partial charge is 0.226 e. The summed E-state index contributed by atoms with van der Waals surface area (Å²) in [5.41, 5.74) is 2.47. The van der Waals surface area contributed by atoms with Gasteiger partial charge in [-0.2, -0.15) is 0 Å². The van der Waals surface area contributed by atoms with Gasteiger partial charge in [0.2, 0.25) is 5.91 Å². The second-order valence-corrected chi connectivity index (χ2v) is 6.43. The van der Waals surface area contributed by atoms with Crippen LogP contribution in [0.2, 0.25) is 0 Å². The van der Waals surface area contributed by atoms with Crippen molar-refractivity contribution >= 4 is 11.6 Å². The monoisotopic (exact) mass is 322 g/mol. The van der Waals surface area contributed by atoms with Crippen LogP contribution >= 0.6 is 0 Å². The van der Waals surface area contributed by atoms with Crippen molar-refractivity contribution < 1.29 is 4.79 Å². The topological polar surface area (TPSA) is 23.6 Å². The van der Waals surface area contributed by atoms with Crippen LogP contribution in [0, 0.1) is 5.92 Å². The Kier molecular flexibility index (Phi) is 5.52. The standard InChI is InChI=1S/C21H26N2O/c1-2-22(17-18-9-5-3-6-10-18)21(24)19-13-15-23(16-14-19)20-11-7-4-8-12-20/h3-12,19H,2,13-17H2,1H3. The van der Waals surface area contributed by atoms with Crippen molar-refractivity contribution in [3.63, 3.8) is 0 Å². The van der Waals surface area contributed by atoms with Gasteiger partial charge < -0.3 is 9.80 Å². The Bertz CT molecular complexity index is 633. The minimum Gasteiger partial charge on any atom is -0.371 e. The Morgan fingerprint density at radius 2 is 1.58 bits per heavy atom. The highest BCUT2D eigenvalue weighted by Crippen LogP contribution is 2.25. The molecule has 0 radical (unpaired) electrons. The predicted molar refractivity (Wildman–Crippen MR) is 98.9 cm³/mol. The highest BCUT2D eigenvalue weighted by Gasteiger charge is 2.28. The van der Waals surface area contributed by atoms with Gasteiger partial charge >= 0.3 is 0 Å². The van der Waals surface area contributed by atoms with Gasteiger partial charge in [-0.3, -0.25) is 4.79 Å². The van der Waals surface area contributed by atoms with E-state index in [9.17, 15) is 4.79 Å². The van der Waals surface area contributed by atoms with Crippen LogP contribution in [0.5, 0.6) is 0 Å². The number of amides is 1. The first-order chi connectivity index (χ1) is 11.8. The van der Waals surface area contributed by atoms with Crippen LogP contribution in [0.25, 0.3) is 0 Å². The Morgan fingerprint density at radius 3 is 2.17 bits per heavy atom. The summed E-state index contributed by atoms with van der Waals surface area (Å²) in [5.74, 6) is 0.475. The molecule has 0 N–H and O–H groups in total. The van der Waals surface area contributed by atoms with Gasteiger partial charge in [-0.1, -0.05) is 48.5 Å². The van der Waals surface area contributed by atoms with Crippen molar-refractivity contribution in [2.75, 3.05) is 24.5 Å². The summed E-state index contributed by atoms with van der Waals surface area (Å²) < 4.78 is 0. The normalized spacial score (nSPS) is 15.3. The van der Waals surface area contributed by atoms with Crippen molar-refractivity contribution in [1.82, 2.24) is 4.90 Å². The maximum absolute atomic E-state index is 12.9. The average molecular weight is 322 g/mol. The summed E-state index contributed by atoms with van der Waals surface area (Å²) in [4.78, 5) is 17.3. The van der Waals surface area contributed by atoms with E-state index in [1.807, 2.05) is 29.2 Å². The molecular weight excluding hydrogens is 296 g/mol. The second-order valence-electron chi connectivity index (χ2n) is 6.43. The molecule has 24 heavy (non-hydrogen) atoms. The molecule has 0 aliphatic carbocycles. The van der Waals surface area contributed by atoms with Crippen LogP contribution < -0.4 is 4.90 Å². The SMILES string of the molecule is CCN(Cc1ccccc1)C(=O)C1CCN(c2ccccc2)CC1. The van der Waals surface area contributed by atoms with Crippen LogP contribution in [0.3, 0.4) is 0 Å². The zero-order chi connectivity index (χ0) is 16.8. The van der Waals surface area contributed by atoms with E-state index in [1.54, 1.807) is 0 Å². The van der Waals surface area contributed by atoms with Crippen LogP contribution in [0.4, 0.5) is 5.69 Å². The average Bonchev–Trinajstić information content (AvgIpc) is 2.67. The van der Waals surface area contributed by atoms with Crippen molar-refractivity contribution in [3.8, 4) is 0 Å². The molecular formula is C21H26N2O. The maximum Gasteiger partial charge on any atom is 0.226 e. The molecule has 0 unspecified atom stereocenters. The lowest BCUT2D eigenvalue weighted by molar-refractivity contribution is -0.136. The summed E-state index contributed by atoms with van der Waals surface area (Å²) in [5, 5.41) is 0. The van der Waals surface area contributed by atoms with Crippen molar-refractivity contribution in [3.05, 3.63) is 66.2 Å².